The molecule has 0 aliphatic carbocycles. The van der Waals surface area contributed by atoms with Gasteiger partial charge in [-0.2, -0.15) is 9.97 Å². The number of hydrogen-bond donors (Lipinski definition) is 2. The SMILES string of the molecule is CC1CCCN(c2cc(N3CCc4ccccc4C3)nc(NC(=S)NCCN3CCOCC3)n2)C1. The first kappa shape index (κ1) is 24.2. The van der Waals surface area contributed by atoms with Crippen LogP contribution in [0.1, 0.15) is 30.9 Å². The van der Waals surface area contributed by atoms with Gasteiger partial charge in [-0.3, -0.25) is 4.90 Å². The molecule has 0 amide bonds. The van der Waals surface area contributed by atoms with Gasteiger partial charge in [-0.05, 0) is 48.5 Å². The maximum absolute atomic E-state index is 5.60. The highest BCUT2D eigenvalue weighted by Gasteiger charge is 2.23. The second kappa shape index (κ2) is 11.5. The molecule has 2 N–H and O–H groups in total. The van der Waals surface area contributed by atoms with Crippen molar-refractivity contribution in [1.82, 2.24) is 20.2 Å². The molecule has 2 aromatic rings. The average molecular weight is 496 g/mol. The highest BCUT2D eigenvalue weighted by atomic mass is 32.1. The lowest BCUT2D eigenvalue weighted by Crippen LogP contribution is -2.42. The van der Waals surface area contributed by atoms with Crippen LogP contribution >= 0.6 is 12.2 Å². The Bertz CT molecular complexity index is 1010. The van der Waals surface area contributed by atoms with Gasteiger partial charge in [-0.15, -0.1) is 0 Å². The van der Waals surface area contributed by atoms with E-state index in [0.29, 0.717) is 17.0 Å². The van der Waals surface area contributed by atoms with E-state index < -0.39 is 0 Å². The molecule has 188 valence electrons. The third-order valence-electron chi connectivity index (χ3n) is 7.18. The molecule has 1 unspecified atom stereocenters. The average Bonchev–Trinajstić information content (AvgIpc) is 2.89. The minimum absolute atomic E-state index is 0.567. The number of hydrogen-bond acceptors (Lipinski definition) is 7. The molecule has 0 saturated carbocycles. The van der Waals surface area contributed by atoms with Crippen molar-refractivity contribution in [3.63, 3.8) is 0 Å². The van der Waals surface area contributed by atoms with Gasteiger partial charge in [0, 0.05) is 58.4 Å². The summed E-state index contributed by atoms with van der Waals surface area (Å²) in [4.78, 5) is 16.9. The third kappa shape index (κ3) is 6.39. The van der Waals surface area contributed by atoms with E-state index in [4.69, 9.17) is 26.9 Å². The largest absolute Gasteiger partial charge is 0.379 e. The predicted octanol–water partition coefficient (Wildman–Crippen LogP) is 2.89. The van der Waals surface area contributed by atoms with Crippen LogP contribution in [-0.2, 0) is 17.7 Å². The second-order valence-corrected chi connectivity index (χ2v) is 10.3. The van der Waals surface area contributed by atoms with Crippen LogP contribution in [0, 0.1) is 5.92 Å². The van der Waals surface area contributed by atoms with Crippen molar-refractivity contribution in [3.05, 3.63) is 41.5 Å². The monoisotopic (exact) mass is 495 g/mol. The zero-order chi connectivity index (χ0) is 24.0. The predicted molar refractivity (Wildman–Crippen MR) is 145 cm³/mol. The van der Waals surface area contributed by atoms with E-state index in [1.807, 2.05) is 0 Å². The first-order valence-electron chi connectivity index (χ1n) is 12.9. The molecular weight excluding hydrogens is 458 g/mol. The van der Waals surface area contributed by atoms with Crippen molar-refractivity contribution in [2.75, 3.05) is 74.1 Å². The van der Waals surface area contributed by atoms with Crippen LogP contribution in [0.5, 0.6) is 0 Å². The molecule has 8 nitrogen and oxygen atoms in total. The smallest absolute Gasteiger partial charge is 0.232 e. The van der Waals surface area contributed by atoms with E-state index >= 15 is 0 Å². The fraction of sp³-hybridized carbons (Fsp3) is 0.577. The lowest BCUT2D eigenvalue weighted by atomic mass is 10.00. The number of rotatable bonds is 6. The number of benzene rings is 1. The number of piperidine rings is 1. The molecule has 1 atom stereocenters. The molecule has 0 radical (unpaired) electrons. The summed E-state index contributed by atoms with van der Waals surface area (Å²) >= 11 is 5.60. The van der Waals surface area contributed by atoms with Crippen LogP contribution in [0.15, 0.2) is 30.3 Å². The van der Waals surface area contributed by atoms with Crippen molar-refractivity contribution in [1.29, 1.82) is 0 Å². The van der Waals surface area contributed by atoms with E-state index in [1.165, 1.54) is 24.0 Å². The maximum Gasteiger partial charge on any atom is 0.232 e. The van der Waals surface area contributed by atoms with Crippen LogP contribution in [0.2, 0.25) is 0 Å². The Labute approximate surface area is 214 Å². The highest BCUT2D eigenvalue weighted by Crippen LogP contribution is 2.29. The normalized spacial score (nSPS) is 20.9. The fourth-order valence-corrected chi connectivity index (χ4v) is 5.38. The summed E-state index contributed by atoms with van der Waals surface area (Å²) in [5.41, 5.74) is 2.81. The topological polar surface area (TPSA) is 68.8 Å². The number of ether oxygens (including phenoxy) is 1. The minimum atomic E-state index is 0.567. The number of anilines is 3. The molecule has 4 heterocycles. The van der Waals surface area contributed by atoms with Crippen LogP contribution in [-0.4, -0.2) is 79.0 Å². The van der Waals surface area contributed by atoms with Crippen molar-refractivity contribution in [2.45, 2.75) is 32.7 Å². The molecule has 1 aromatic heterocycles. The zero-order valence-corrected chi connectivity index (χ0v) is 21.5. The summed E-state index contributed by atoms with van der Waals surface area (Å²) in [6.45, 7) is 11.5. The van der Waals surface area contributed by atoms with Gasteiger partial charge in [0.2, 0.25) is 5.95 Å². The van der Waals surface area contributed by atoms with Crippen LogP contribution in [0.4, 0.5) is 17.6 Å². The Balaban J connectivity index is 1.29. The Morgan fingerprint density at radius 1 is 1.06 bits per heavy atom. The van der Waals surface area contributed by atoms with Gasteiger partial charge in [0.05, 0.1) is 13.2 Å². The number of morpholine rings is 1. The van der Waals surface area contributed by atoms with Crippen LogP contribution < -0.4 is 20.4 Å². The van der Waals surface area contributed by atoms with Gasteiger partial charge in [0.1, 0.15) is 11.6 Å². The number of thiocarbonyl (C=S) groups is 1. The van der Waals surface area contributed by atoms with Gasteiger partial charge >= 0.3 is 0 Å². The molecular formula is C26H37N7OS. The van der Waals surface area contributed by atoms with Gasteiger partial charge in [-0.25, -0.2) is 0 Å². The zero-order valence-electron chi connectivity index (χ0n) is 20.7. The van der Waals surface area contributed by atoms with E-state index in [-0.39, 0.29) is 0 Å². The van der Waals surface area contributed by atoms with Gasteiger partial charge in [0.25, 0.3) is 0 Å². The van der Waals surface area contributed by atoms with Crippen molar-refractivity contribution in [3.8, 4) is 0 Å². The van der Waals surface area contributed by atoms with E-state index in [1.54, 1.807) is 0 Å². The van der Waals surface area contributed by atoms with Gasteiger partial charge in [0.15, 0.2) is 5.11 Å². The first-order valence-corrected chi connectivity index (χ1v) is 13.4. The number of aromatic nitrogens is 2. The number of nitrogens with zero attached hydrogens (tertiary/aromatic N) is 5. The summed E-state index contributed by atoms with van der Waals surface area (Å²) < 4.78 is 5.43. The number of fused-ring (bicyclic) bond motifs is 1. The molecule has 5 rings (SSSR count). The Hall–Kier alpha value is -2.49. The first-order chi connectivity index (χ1) is 17.1. The van der Waals surface area contributed by atoms with Crippen LogP contribution in [0.3, 0.4) is 0 Å². The highest BCUT2D eigenvalue weighted by molar-refractivity contribution is 7.80. The summed E-state index contributed by atoms with van der Waals surface area (Å²) in [7, 11) is 0. The van der Waals surface area contributed by atoms with E-state index in [9.17, 15) is 0 Å². The second-order valence-electron chi connectivity index (χ2n) is 9.88. The quantitative estimate of drug-likeness (QED) is 0.589. The molecule has 3 aliphatic heterocycles. The van der Waals surface area contributed by atoms with Crippen molar-refractivity contribution >= 4 is 34.9 Å². The van der Waals surface area contributed by atoms with Crippen LogP contribution in [0.25, 0.3) is 0 Å². The van der Waals surface area contributed by atoms with E-state index in [2.05, 4.69) is 62.6 Å². The Morgan fingerprint density at radius 3 is 2.63 bits per heavy atom. The summed E-state index contributed by atoms with van der Waals surface area (Å²) in [6, 6.07) is 10.9. The summed E-state index contributed by atoms with van der Waals surface area (Å²) in [5, 5.41) is 7.16. The molecule has 1 aromatic carbocycles. The molecule has 9 heteroatoms. The van der Waals surface area contributed by atoms with Gasteiger partial charge < -0.3 is 25.2 Å². The fourth-order valence-electron chi connectivity index (χ4n) is 5.19. The molecule has 2 saturated heterocycles. The lowest BCUT2D eigenvalue weighted by Gasteiger charge is -2.34. The lowest BCUT2D eigenvalue weighted by molar-refractivity contribution is 0.0389. The summed E-state index contributed by atoms with van der Waals surface area (Å²) in [6.07, 6.45) is 3.50. The molecule has 0 spiro atoms. The maximum atomic E-state index is 5.60. The molecule has 3 aliphatic rings. The van der Waals surface area contributed by atoms with Crippen molar-refractivity contribution < 1.29 is 4.74 Å². The Kier molecular flexibility index (Phi) is 7.95. The summed E-state index contributed by atoms with van der Waals surface area (Å²) in [5.74, 6) is 3.18. The minimum Gasteiger partial charge on any atom is -0.379 e. The molecule has 2 fully saturated rings. The molecule has 0 bridgehead atoms. The molecule has 35 heavy (non-hydrogen) atoms. The van der Waals surface area contributed by atoms with Crippen molar-refractivity contribution in [2.24, 2.45) is 5.92 Å². The Morgan fingerprint density at radius 2 is 1.83 bits per heavy atom. The number of nitrogens with one attached hydrogen (secondary N) is 2. The van der Waals surface area contributed by atoms with E-state index in [0.717, 1.165) is 83.6 Å². The van der Waals surface area contributed by atoms with Gasteiger partial charge in [-0.1, -0.05) is 31.2 Å². The third-order valence-corrected chi connectivity index (χ3v) is 7.42. The standard InChI is InChI=1S/C26H37N7OS/c1-20-5-4-10-32(18-20)23-17-24(33-11-8-21-6-2-3-7-22(21)19-33)29-25(28-23)30-26(35)27-9-12-31-13-15-34-16-14-31/h2-3,6-7,17,20H,4-5,8-16,18-19H2,1H3,(H2,27,28,29,30,35).